The fourth-order valence-electron chi connectivity index (χ4n) is 1.46. The van der Waals surface area contributed by atoms with E-state index in [2.05, 4.69) is 10.3 Å². The molecule has 0 fully saturated rings. The van der Waals surface area contributed by atoms with Crippen molar-refractivity contribution >= 4 is 29.5 Å². The molecular weight excluding hydrogens is 234 g/mol. The molecule has 0 aliphatic heterocycles. The smallest absolute Gasteiger partial charge is 0.343 e. The molecule has 0 unspecified atom stereocenters. The Labute approximate surface area is 103 Å². The number of carbonyl (C=O) groups excluding carboxylic acids is 2. The van der Waals surface area contributed by atoms with E-state index in [0.717, 1.165) is 0 Å². The molecule has 0 radical (unpaired) electrons. The summed E-state index contributed by atoms with van der Waals surface area (Å²) in [6.07, 6.45) is 1.74. The van der Waals surface area contributed by atoms with Gasteiger partial charge in [0.1, 0.15) is 11.1 Å². The Kier molecular flexibility index (Phi) is 3.47. The van der Waals surface area contributed by atoms with Gasteiger partial charge >= 0.3 is 5.97 Å². The van der Waals surface area contributed by atoms with Crippen LogP contribution in [0.4, 0.5) is 0 Å². The van der Waals surface area contributed by atoms with E-state index in [1.165, 1.54) is 10.9 Å². The van der Waals surface area contributed by atoms with Gasteiger partial charge in [-0.3, -0.25) is 4.79 Å². The van der Waals surface area contributed by atoms with E-state index >= 15 is 0 Å². The quantitative estimate of drug-likeness (QED) is 0.264. The summed E-state index contributed by atoms with van der Waals surface area (Å²) >= 11 is 0. The predicted molar refractivity (Wildman–Crippen MR) is 64.5 cm³/mol. The number of fused-ring (bicyclic) bond motifs is 1. The molecule has 0 atom stereocenters. The largest absolute Gasteiger partial charge is 0.462 e. The van der Waals surface area contributed by atoms with Crippen LogP contribution in [0.15, 0.2) is 29.8 Å². The molecule has 0 saturated carbocycles. The zero-order valence-electron chi connectivity index (χ0n) is 9.74. The SMILES string of the molecule is CCOC(=O)C(C=O)=Cn1nnc2ccccc21. The summed E-state index contributed by atoms with van der Waals surface area (Å²) in [6, 6.07) is 7.23. The zero-order valence-corrected chi connectivity index (χ0v) is 9.74. The molecule has 6 heteroatoms. The molecule has 1 aromatic heterocycles. The van der Waals surface area contributed by atoms with Crippen molar-refractivity contribution in [3.05, 3.63) is 29.8 Å². The van der Waals surface area contributed by atoms with Gasteiger partial charge in [0.2, 0.25) is 0 Å². The van der Waals surface area contributed by atoms with Gasteiger partial charge in [-0.1, -0.05) is 17.3 Å². The van der Waals surface area contributed by atoms with E-state index in [1.54, 1.807) is 19.1 Å². The third-order valence-electron chi connectivity index (χ3n) is 2.28. The Morgan fingerprint density at radius 2 is 2.22 bits per heavy atom. The van der Waals surface area contributed by atoms with Crippen molar-refractivity contribution in [1.29, 1.82) is 0 Å². The number of esters is 1. The van der Waals surface area contributed by atoms with Crippen LogP contribution in [-0.4, -0.2) is 33.9 Å². The molecule has 6 nitrogen and oxygen atoms in total. The van der Waals surface area contributed by atoms with Crippen molar-refractivity contribution in [2.24, 2.45) is 0 Å². The highest BCUT2D eigenvalue weighted by Gasteiger charge is 2.11. The molecule has 0 N–H and O–H groups in total. The topological polar surface area (TPSA) is 74.1 Å². The molecule has 0 aliphatic rings. The van der Waals surface area contributed by atoms with E-state index in [9.17, 15) is 9.59 Å². The number of hydrogen-bond acceptors (Lipinski definition) is 5. The van der Waals surface area contributed by atoms with Crippen LogP contribution in [-0.2, 0) is 14.3 Å². The molecule has 1 heterocycles. The highest BCUT2D eigenvalue weighted by Crippen LogP contribution is 2.11. The van der Waals surface area contributed by atoms with E-state index in [0.29, 0.717) is 17.3 Å². The Balaban J connectivity index is 2.41. The van der Waals surface area contributed by atoms with Gasteiger partial charge in [0.25, 0.3) is 0 Å². The van der Waals surface area contributed by atoms with Gasteiger partial charge in [-0.25, -0.2) is 9.48 Å². The maximum Gasteiger partial charge on any atom is 0.343 e. The minimum Gasteiger partial charge on any atom is -0.462 e. The monoisotopic (exact) mass is 245 g/mol. The maximum atomic E-state index is 11.5. The summed E-state index contributed by atoms with van der Waals surface area (Å²) in [6.45, 7) is 1.88. The van der Waals surface area contributed by atoms with Crippen molar-refractivity contribution in [1.82, 2.24) is 15.0 Å². The van der Waals surface area contributed by atoms with Crippen LogP contribution in [0.25, 0.3) is 17.2 Å². The van der Waals surface area contributed by atoms with E-state index in [4.69, 9.17) is 4.74 Å². The first kappa shape index (κ1) is 12.0. The third kappa shape index (κ3) is 2.27. The first-order valence-corrected chi connectivity index (χ1v) is 5.40. The van der Waals surface area contributed by atoms with E-state index in [-0.39, 0.29) is 12.2 Å². The number of aldehydes is 1. The fraction of sp³-hybridized carbons (Fsp3) is 0.167. The van der Waals surface area contributed by atoms with E-state index < -0.39 is 5.97 Å². The molecular formula is C12H11N3O3. The van der Waals surface area contributed by atoms with Crippen LogP contribution in [0.3, 0.4) is 0 Å². The van der Waals surface area contributed by atoms with Crippen molar-refractivity contribution in [2.75, 3.05) is 6.61 Å². The second-order valence-corrected chi connectivity index (χ2v) is 3.45. The second-order valence-electron chi connectivity index (χ2n) is 3.45. The molecule has 0 spiro atoms. The molecule has 0 saturated heterocycles. The Hall–Kier alpha value is -2.50. The van der Waals surface area contributed by atoms with Crippen molar-refractivity contribution in [3.63, 3.8) is 0 Å². The Bertz CT molecular complexity index is 616. The summed E-state index contributed by atoms with van der Waals surface area (Å²) in [7, 11) is 0. The van der Waals surface area contributed by atoms with Gasteiger partial charge in [0.15, 0.2) is 6.29 Å². The lowest BCUT2D eigenvalue weighted by molar-refractivity contribution is -0.139. The molecule has 0 aliphatic carbocycles. The number of benzene rings is 1. The zero-order chi connectivity index (χ0) is 13.0. The van der Waals surface area contributed by atoms with Crippen molar-refractivity contribution in [3.8, 4) is 0 Å². The number of rotatable bonds is 4. The summed E-state index contributed by atoms with van der Waals surface area (Å²) < 4.78 is 6.13. The molecule has 92 valence electrons. The number of para-hydroxylation sites is 1. The standard InChI is InChI=1S/C12H11N3O3/c1-2-18-12(17)9(8-16)7-15-11-6-4-3-5-10(11)13-14-15/h3-8H,2H2,1H3. The van der Waals surface area contributed by atoms with E-state index in [1.807, 2.05) is 12.1 Å². The number of ether oxygens (including phenoxy) is 1. The molecule has 1 aromatic carbocycles. The summed E-state index contributed by atoms with van der Waals surface area (Å²) in [5.41, 5.74) is 1.29. The first-order chi connectivity index (χ1) is 8.76. The molecule has 2 aromatic rings. The van der Waals surface area contributed by atoms with Gasteiger partial charge in [-0.05, 0) is 19.1 Å². The van der Waals surface area contributed by atoms with Crippen LogP contribution in [0.1, 0.15) is 6.92 Å². The average molecular weight is 245 g/mol. The third-order valence-corrected chi connectivity index (χ3v) is 2.28. The van der Waals surface area contributed by atoms with Gasteiger partial charge < -0.3 is 4.74 Å². The minimum absolute atomic E-state index is 0.104. The minimum atomic E-state index is -0.674. The molecule has 18 heavy (non-hydrogen) atoms. The summed E-state index contributed by atoms with van der Waals surface area (Å²) in [4.78, 5) is 22.3. The van der Waals surface area contributed by atoms with Gasteiger partial charge in [0, 0.05) is 6.20 Å². The Morgan fingerprint density at radius 3 is 2.94 bits per heavy atom. The highest BCUT2D eigenvalue weighted by molar-refractivity contribution is 6.10. The molecule has 0 bridgehead atoms. The van der Waals surface area contributed by atoms with Crippen LogP contribution in [0.2, 0.25) is 0 Å². The number of carbonyl (C=O) groups is 2. The summed E-state index contributed by atoms with van der Waals surface area (Å²) in [5.74, 6) is -0.674. The number of aromatic nitrogens is 3. The fourth-order valence-corrected chi connectivity index (χ4v) is 1.46. The summed E-state index contributed by atoms with van der Waals surface area (Å²) in [5, 5.41) is 7.76. The van der Waals surface area contributed by atoms with Crippen LogP contribution in [0, 0.1) is 0 Å². The first-order valence-electron chi connectivity index (χ1n) is 5.40. The molecule has 0 amide bonds. The lowest BCUT2D eigenvalue weighted by Crippen LogP contribution is -2.10. The van der Waals surface area contributed by atoms with Gasteiger partial charge in [-0.2, -0.15) is 0 Å². The van der Waals surface area contributed by atoms with Crippen LogP contribution >= 0.6 is 0 Å². The van der Waals surface area contributed by atoms with Crippen molar-refractivity contribution in [2.45, 2.75) is 6.92 Å². The highest BCUT2D eigenvalue weighted by atomic mass is 16.5. The normalized spacial score (nSPS) is 11.5. The van der Waals surface area contributed by atoms with Gasteiger partial charge in [0.05, 0.1) is 12.1 Å². The second kappa shape index (κ2) is 5.22. The maximum absolute atomic E-state index is 11.5. The number of nitrogens with zero attached hydrogens (tertiary/aromatic N) is 3. The van der Waals surface area contributed by atoms with Crippen LogP contribution < -0.4 is 0 Å². The molecule has 2 rings (SSSR count). The van der Waals surface area contributed by atoms with Crippen molar-refractivity contribution < 1.29 is 14.3 Å². The van der Waals surface area contributed by atoms with Crippen LogP contribution in [0.5, 0.6) is 0 Å². The Morgan fingerprint density at radius 1 is 1.44 bits per heavy atom. The average Bonchev–Trinajstić information content (AvgIpc) is 2.79. The lowest BCUT2D eigenvalue weighted by Gasteiger charge is -2.00. The predicted octanol–water partition coefficient (Wildman–Crippen LogP) is 1.03. The number of hydrogen-bond donors (Lipinski definition) is 0. The van der Waals surface area contributed by atoms with Gasteiger partial charge in [-0.15, -0.1) is 5.10 Å². The lowest BCUT2D eigenvalue weighted by atomic mass is 10.3.